The number of benzene rings is 2. The number of hydrogen-bond donors (Lipinski definition) is 3. The van der Waals surface area contributed by atoms with Crippen molar-refractivity contribution >= 4 is 17.9 Å². The van der Waals surface area contributed by atoms with Crippen LogP contribution >= 0.6 is 0 Å². The molecule has 0 radical (unpaired) electrons. The summed E-state index contributed by atoms with van der Waals surface area (Å²) in [6.45, 7) is 10.8. The molecular weight excluding hydrogens is 475 g/mol. The monoisotopic (exact) mass is 512 g/mol. The number of anilines is 1. The number of fused-ring (bicyclic) bond motifs is 1. The van der Waals surface area contributed by atoms with Crippen LogP contribution < -0.4 is 10.6 Å². The highest BCUT2D eigenvalue weighted by molar-refractivity contribution is 5.81. The van der Waals surface area contributed by atoms with Gasteiger partial charge >= 0.3 is 6.03 Å². The molecule has 0 heterocycles. The van der Waals surface area contributed by atoms with Crippen molar-refractivity contribution in [1.29, 1.82) is 5.41 Å². The maximum atomic E-state index is 13.4. The predicted molar refractivity (Wildman–Crippen MR) is 154 cm³/mol. The van der Waals surface area contributed by atoms with Crippen LogP contribution in [-0.4, -0.2) is 30.2 Å². The Morgan fingerprint density at radius 2 is 1.84 bits per heavy atom. The van der Waals surface area contributed by atoms with Crippen LogP contribution in [0.2, 0.25) is 0 Å². The molecular formula is C32H37FN4O. The van der Waals surface area contributed by atoms with Gasteiger partial charge in [0.2, 0.25) is 0 Å². The first-order valence-electron chi connectivity index (χ1n) is 13.2. The second-order valence-electron chi connectivity index (χ2n) is 10.3. The molecule has 6 heteroatoms. The summed E-state index contributed by atoms with van der Waals surface area (Å²) < 4.78 is 13.4. The van der Waals surface area contributed by atoms with E-state index in [1.54, 1.807) is 29.2 Å². The molecule has 0 aromatic heterocycles. The number of urea groups is 1. The molecule has 3 N–H and O–H groups in total. The lowest BCUT2D eigenvalue weighted by atomic mass is 9.67. The lowest BCUT2D eigenvalue weighted by molar-refractivity contribution is 0.192. The van der Waals surface area contributed by atoms with Gasteiger partial charge in [0.15, 0.2) is 0 Å². The molecule has 0 spiro atoms. The lowest BCUT2D eigenvalue weighted by Gasteiger charge is -2.39. The van der Waals surface area contributed by atoms with Gasteiger partial charge in [-0.05, 0) is 78.5 Å². The number of allylic oxidation sites excluding steroid dienone is 3. The predicted octanol–water partition coefficient (Wildman–Crippen LogP) is 7.40. The van der Waals surface area contributed by atoms with Crippen molar-refractivity contribution in [3.8, 4) is 0 Å². The molecule has 4 rings (SSSR count). The Labute approximate surface area is 225 Å². The summed E-state index contributed by atoms with van der Waals surface area (Å²) in [6.07, 6.45) is 10.6. The van der Waals surface area contributed by atoms with Crippen LogP contribution in [0.3, 0.4) is 0 Å². The van der Waals surface area contributed by atoms with Gasteiger partial charge in [0, 0.05) is 30.7 Å². The second-order valence-corrected chi connectivity index (χ2v) is 10.3. The highest BCUT2D eigenvalue weighted by Crippen LogP contribution is 2.56. The second kappa shape index (κ2) is 12.1. The fourth-order valence-electron chi connectivity index (χ4n) is 5.80. The van der Waals surface area contributed by atoms with Gasteiger partial charge in [0.25, 0.3) is 0 Å². The third-order valence-corrected chi connectivity index (χ3v) is 7.92. The van der Waals surface area contributed by atoms with Crippen LogP contribution in [0.5, 0.6) is 0 Å². The van der Waals surface area contributed by atoms with E-state index in [0.29, 0.717) is 19.0 Å². The van der Waals surface area contributed by atoms with E-state index in [-0.39, 0.29) is 23.3 Å². The van der Waals surface area contributed by atoms with E-state index in [1.165, 1.54) is 23.9 Å². The van der Waals surface area contributed by atoms with Gasteiger partial charge in [-0.25, -0.2) is 9.18 Å². The molecule has 5 nitrogen and oxygen atoms in total. The topological polar surface area (TPSA) is 68.2 Å². The van der Waals surface area contributed by atoms with Crippen molar-refractivity contribution in [2.24, 2.45) is 11.3 Å². The quantitative estimate of drug-likeness (QED) is 0.217. The molecule has 198 valence electrons. The Hall–Kier alpha value is -3.93. The Morgan fingerprint density at radius 3 is 2.47 bits per heavy atom. The molecule has 1 saturated carbocycles. The third kappa shape index (κ3) is 5.96. The fraction of sp³-hybridized carbons (Fsp3) is 0.312. The van der Waals surface area contributed by atoms with E-state index in [4.69, 9.17) is 5.41 Å². The minimum Gasteiger partial charge on any atom is -0.355 e. The molecule has 0 bridgehead atoms. The van der Waals surface area contributed by atoms with E-state index in [1.807, 2.05) is 18.2 Å². The molecule has 2 aromatic carbocycles. The number of halogens is 1. The zero-order valence-corrected chi connectivity index (χ0v) is 22.1. The zero-order valence-electron chi connectivity index (χ0n) is 22.1. The van der Waals surface area contributed by atoms with Crippen molar-refractivity contribution in [2.45, 2.75) is 38.6 Å². The van der Waals surface area contributed by atoms with Gasteiger partial charge in [-0.3, -0.25) is 0 Å². The van der Waals surface area contributed by atoms with Gasteiger partial charge in [-0.2, -0.15) is 0 Å². The van der Waals surface area contributed by atoms with E-state index in [2.05, 4.69) is 48.9 Å². The Kier molecular flexibility index (Phi) is 8.62. The minimum atomic E-state index is -0.276. The number of nitrogens with zero attached hydrogens (tertiary/aromatic N) is 1. The average molecular weight is 513 g/mol. The zero-order chi connectivity index (χ0) is 27.1. The van der Waals surface area contributed by atoms with E-state index in [0.717, 1.165) is 48.2 Å². The normalized spacial score (nSPS) is 21.1. The molecule has 2 amide bonds. The summed E-state index contributed by atoms with van der Waals surface area (Å²) >= 11 is 0. The Bertz CT molecular complexity index is 1220. The minimum absolute atomic E-state index is 0.111. The molecule has 0 saturated heterocycles. The summed E-state index contributed by atoms with van der Waals surface area (Å²) in [5.74, 6) is 0.0519. The maximum absolute atomic E-state index is 13.4. The van der Waals surface area contributed by atoms with Crippen molar-refractivity contribution < 1.29 is 9.18 Å². The largest absolute Gasteiger partial charge is 0.355 e. The number of rotatable bonds is 11. The SMILES string of the molecule is C=CCN(CC=C)C(=O)NC(C[C@H]1CCC2=CC(Nc3ccc(F)cc3)=C(C=N)C[C@@]21C)c1ccccc1. The molecule has 38 heavy (non-hydrogen) atoms. The average Bonchev–Trinajstić information content (AvgIpc) is 3.24. The summed E-state index contributed by atoms with van der Waals surface area (Å²) in [5.41, 5.74) is 4.95. The van der Waals surface area contributed by atoms with E-state index in [9.17, 15) is 9.18 Å². The fourth-order valence-corrected chi connectivity index (χ4v) is 5.80. The van der Waals surface area contributed by atoms with Crippen LogP contribution in [0, 0.1) is 22.6 Å². The summed E-state index contributed by atoms with van der Waals surface area (Å²) in [4.78, 5) is 14.9. The number of nitrogens with one attached hydrogen (secondary N) is 3. The van der Waals surface area contributed by atoms with Crippen LogP contribution in [-0.2, 0) is 0 Å². The van der Waals surface area contributed by atoms with Crippen LogP contribution in [0.4, 0.5) is 14.9 Å². The molecule has 2 aliphatic carbocycles. The molecule has 2 aromatic rings. The van der Waals surface area contributed by atoms with Gasteiger partial charge < -0.3 is 20.9 Å². The lowest BCUT2D eigenvalue weighted by Crippen LogP contribution is -2.43. The molecule has 1 unspecified atom stereocenters. The van der Waals surface area contributed by atoms with Gasteiger partial charge in [0.1, 0.15) is 5.82 Å². The highest BCUT2D eigenvalue weighted by atomic mass is 19.1. The van der Waals surface area contributed by atoms with Crippen molar-refractivity contribution in [3.05, 3.63) is 114 Å². The standard InChI is InChI=1S/C32H37FN4O/c1-4-17-37(18-5-2)31(38)36-29(23-9-7-6-8-10-23)19-25-11-12-26-20-30(24(22-34)21-32(25,26)3)35-28-15-13-27(33)14-16-28/h4-10,13-16,20,22,25,29,34-35H,1-2,11-12,17-19,21H2,3H3,(H,36,38)/t25-,29?,32-/m1/s1. The van der Waals surface area contributed by atoms with Gasteiger partial charge in [0.05, 0.1) is 6.04 Å². The first-order chi connectivity index (χ1) is 18.4. The van der Waals surface area contributed by atoms with Gasteiger partial charge in [-0.1, -0.05) is 55.0 Å². The third-order valence-electron chi connectivity index (χ3n) is 7.92. The highest BCUT2D eigenvalue weighted by Gasteiger charge is 2.46. The first kappa shape index (κ1) is 27.1. The Balaban J connectivity index is 1.56. The van der Waals surface area contributed by atoms with Crippen LogP contribution in [0.1, 0.15) is 44.2 Å². The summed E-state index contributed by atoms with van der Waals surface area (Å²) in [7, 11) is 0. The smallest absolute Gasteiger partial charge is 0.318 e. The number of hydrogen-bond acceptors (Lipinski definition) is 3. The van der Waals surface area contributed by atoms with Crippen molar-refractivity contribution in [2.75, 3.05) is 18.4 Å². The molecule has 3 atom stereocenters. The maximum Gasteiger partial charge on any atom is 0.318 e. The summed E-state index contributed by atoms with van der Waals surface area (Å²) in [6, 6.07) is 16.1. The molecule has 2 aliphatic rings. The molecule has 1 fully saturated rings. The Morgan fingerprint density at radius 1 is 1.16 bits per heavy atom. The van der Waals surface area contributed by atoms with E-state index < -0.39 is 0 Å². The van der Waals surface area contributed by atoms with Crippen LogP contribution in [0.15, 0.2) is 103 Å². The van der Waals surface area contributed by atoms with E-state index >= 15 is 0 Å². The van der Waals surface area contributed by atoms with Crippen molar-refractivity contribution in [1.82, 2.24) is 10.2 Å². The van der Waals surface area contributed by atoms with Gasteiger partial charge in [-0.15, -0.1) is 13.2 Å². The van der Waals surface area contributed by atoms with Crippen molar-refractivity contribution in [3.63, 3.8) is 0 Å². The number of carbonyl (C=O) groups excluding carboxylic acids is 1. The van der Waals surface area contributed by atoms with Crippen LogP contribution in [0.25, 0.3) is 0 Å². The number of amides is 2. The first-order valence-corrected chi connectivity index (χ1v) is 13.2. The number of carbonyl (C=O) groups is 1. The molecule has 0 aliphatic heterocycles. The summed E-state index contributed by atoms with van der Waals surface area (Å²) in [5, 5.41) is 14.8.